The number of aryl methyl sites for hydroxylation is 2. The van der Waals surface area contributed by atoms with Gasteiger partial charge in [0.25, 0.3) is 0 Å². The van der Waals surface area contributed by atoms with Gasteiger partial charge >= 0.3 is 6.08 Å². The monoisotopic (exact) mass is 208 g/mol. The van der Waals surface area contributed by atoms with Crippen LogP contribution in [0.15, 0.2) is 12.4 Å². The van der Waals surface area contributed by atoms with E-state index in [9.17, 15) is 4.39 Å². The molecule has 58 valence electrons. The van der Waals surface area contributed by atoms with Gasteiger partial charge in [0.05, 0.1) is 13.6 Å². The lowest BCUT2D eigenvalue weighted by Crippen LogP contribution is -3.00. The molecular formula is C6H10BrFN2. The van der Waals surface area contributed by atoms with Crippen molar-refractivity contribution in [2.45, 2.75) is 13.5 Å². The van der Waals surface area contributed by atoms with Gasteiger partial charge in [0.1, 0.15) is 12.4 Å². The molecule has 1 rings (SSSR count). The Kier molecular flexibility index (Phi) is 3.57. The molecule has 0 spiro atoms. The molecule has 0 saturated carbocycles. The standard InChI is InChI=1S/C6H10FN2.BrH/c1-3-9-5-4-8(2)6(9)7;/h4-5H,3H2,1-2H3;1H/q+1;/p-1. The first kappa shape index (κ1) is 9.62. The molecule has 10 heavy (non-hydrogen) atoms. The van der Waals surface area contributed by atoms with Crippen molar-refractivity contribution >= 4 is 0 Å². The fraction of sp³-hybridized carbons (Fsp3) is 0.500. The van der Waals surface area contributed by atoms with E-state index in [0.29, 0.717) is 6.54 Å². The predicted molar refractivity (Wildman–Crippen MR) is 31.2 cm³/mol. The number of nitrogens with zero attached hydrogens (tertiary/aromatic N) is 2. The van der Waals surface area contributed by atoms with Gasteiger partial charge in [-0.25, -0.2) is 9.13 Å². The van der Waals surface area contributed by atoms with Crippen molar-refractivity contribution in [1.82, 2.24) is 4.57 Å². The van der Waals surface area contributed by atoms with Crippen LogP contribution < -0.4 is 21.5 Å². The topological polar surface area (TPSA) is 8.81 Å². The van der Waals surface area contributed by atoms with Gasteiger partial charge in [-0.2, -0.15) is 0 Å². The van der Waals surface area contributed by atoms with Crippen molar-refractivity contribution in [3.63, 3.8) is 0 Å². The molecule has 1 aromatic heterocycles. The zero-order valence-corrected chi connectivity index (χ0v) is 7.60. The third-order valence-corrected chi connectivity index (χ3v) is 1.34. The molecule has 1 heterocycles. The maximum atomic E-state index is 12.7. The summed E-state index contributed by atoms with van der Waals surface area (Å²) in [5.74, 6) is 0. The van der Waals surface area contributed by atoms with Crippen LogP contribution in [-0.4, -0.2) is 4.57 Å². The summed E-state index contributed by atoms with van der Waals surface area (Å²) in [4.78, 5) is 0. The van der Waals surface area contributed by atoms with E-state index in [1.807, 2.05) is 6.92 Å². The van der Waals surface area contributed by atoms with Crippen molar-refractivity contribution in [2.75, 3.05) is 0 Å². The van der Waals surface area contributed by atoms with E-state index in [2.05, 4.69) is 0 Å². The summed E-state index contributed by atoms with van der Waals surface area (Å²) in [5, 5.41) is 0. The van der Waals surface area contributed by atoms with Crippen LogP contribution in [0, 0.1) is 6.08 Å². The first-order valence-electron chi connectivity index (χ1n) is 2.96. The molecule has 0 atom stereocenters. The van der Waals surface area contributed by atoms with Crippen LogP contribution in [0.25, 0.3) is 0 Å². The van der Waals surface area contributed by atoms with Crippen LogP contribution >= 0.6 is 0 Å². The highest BCUT2D eigenvalue weighted by atomic mass is 79.9. The van der Waals surface area contributed by atoms with E-state index in [1.54, 1.807) is 24.0 Å². The number of halogens is 2. The molecule has 0 unspecified atom stereocenters. The van der Waals surface area contributed by atoms with Crippen molar-refractivity contribution in [3.8, 4) is 0 Å². The van der Waals surface area contributed by atoms with Gasteiger partial charge in [0.2, 0.25) is 0 Å². The second-order valence-electron chi connectivity index (χ2n) is 1.96. The number of rotatable bonds is 1. The van der Waals surface area contributed by atoms with Crippen LogP contribution in [0.1, 0.15) is 6.92 Å². The molecule has 0 aliphatic carbocycles. The molecule has 0 saturated heterocycles. The van der Waals surface area contributed by atoms with Crippen LogP contribution in [0.2, 0.25) is 0 Å². The molecular weight excluding hydrogens is 199 g/mol. The van der Waals surface area contributed by atoms with Crippen molar-refractivity contribution in [2.24, 2.45) is 7.05 Å². The minimum Gasteiger partial charge on any atom is -1.00 e. The summed E-state index contributed by atoms with van der Waals surface area (Å²) in [5.41, 5.74) is 0. The van der Waals surface area contributed by atoms with E-state index in [4.69, 9.17) is 0 Å². The van der Waals surface area contributed by atoms with Crippen molar-refractivity contribution in [1.29, 1.82) is 0 Å². The average Bonchev–Trinajstić information content (AvgIpc) is 2.15. The SMILES string of the molecule is CCn1cc[n+](C)c1F.[Br-]. The lowest BCUT2D eigenvalue weighted by molar-refractivity contribution is -0.700. The predicted octanol–water partition coefficient (Wildman–Crippen LogP) is -2.52. The maximum Gasteiger partial charge on any atom is 0.445 e. The Bertz CT molecular complexity index is 210. The van der Waals surface area contributed by atoms with Gasteiger partial charge < -0.3 is 17.0 Å². The molecule has 0 fully saturated rings. The first-order valence-corrected chi connectivity index (χ1v) is 2.96. The smallest absolute Gasteiger partial charge is 0.445 e. The number of hydrogen-bond donors (Lipinski definition) is 0. The molecule has 0 aliphatic rings. The fourth-order valence-corrected chi connectivity index (χ4v) is 0.742. The molecule has 0 aromatic carbocycles. The molecule has 0 bridgehead atoms. The van der Waals surface area contributed by atoms with E-state index >= 15 is 0 Å². The largest absolute Gasteiger partial charge is 1.00 e. The second-order valence-corrected chi connectivity index (χ2v) is 1.96. The Hall–Kier alpha value is -0.380. The summed E-state index contributed by atoms with van der Waals surface area (Å²) in [6.07, 6.45) is 3.21. The van der Waals surface area contributed by atoms with Gasteiger partial charge in [-0.05, 0) is 6.92 Å². The van der Waals surface area contributed by atoms with Gasteiger partial charge in [0.15, 0.2) is 0 Å². The van der Waals surface area contributed by atoms with Gasteiger partial charge in [0, 0.05) is 0 Å². The lowest BCUT2D eigenvalue weighted by Gasteiger charge is -1.85. The van der Waals surface area contributed by atoms with E-state index in [-0.39, 0.29) is 23.1 Å². The Morgan fingerprint density at radius 2 is 2.30 bits per heavy atom. The Labute approximate surface area is 70.1 Å². The zero-order valence-electron chi connectivity index (χ0n) is 6.01. The molecule has 0 amide bonds. The van der Waals surface area contributed by atoms with E-state index in [0.717, 1.165) is 0 Å². The molecule has 2 nitrogen and oxygen atoms in total. The summed E-state index contributed by atoms with van der Waals surface area (Å²) >= 11 is 0. The quantitative estimate of drug-likeness (QED) is 0.451. The summed E-state index contributed by atoms with van der Waals surface area (Å²) in [6, 6.07) is 0. The molecule has 0 aliphatic heterocycles. The average molecular weight is 209 g/mol. The number of hydrogen-bond acceptors (Lipinski definition) is 0. The summed E-state index contributed by atoms with van der Waals surface area (Å²) in [6.45, 7) is 2.59. The van der Waals surface area contributed by atoms with Crippen molar-refractivity contribution < 1.29 is 25.9 Å². The van der Waals surface area contributed by atoms with Gasteiger partial charge in [-0.1, -0.05) is 0 Å². The van der Waals surface area contributed by atoms with E-state index in [1.165, 1.54) is 4.57 Å². The van der Waals surface area contributed by atoms with E-state index < -0.39 is 0 Å². The molecule has 0 N–H and O–H groups in total. The normalized spacial score (nSPS) is 9.10. The Morgan fingerprint density at radius 3 is 2.50 bits per heavy atom. The maximum absolute atomic E-state index is 12.7. The minimum absolute atomic E-state index is 0. The Morgan fingerprint density at radius 1 is 1.70 bits per heavy atom. The molecule has 4 heteroatoms. The molecule has 1 aromatic rings. The zero-order chi connectivity index (χ0) is 6.85. The summed E-state index contributed by atoms with van der Waals surface area (Å²) < 4.78 is 15.7. The highest BCUT2D eigenvalue weighted by Gasteiger charge is 2.09. The van der Waals surface area contributed by atoms with Crippen LogP contribution in [-0.2, 0) is 13.6 Å². The lowest BCUT2D eigenvalue weighted by atomic mass is 10.7. The first-order chi connectivity index (χ1) is 4.25. The highest BCUT2D eigenvalue weighted by molar-refractivity contribution is 4.66. The molecule has 0 radical (unpaired) electrons. The van der Waals surface area contributed by atoms with Crippen LogP contribution in [0.3, 0.4) is 0 Å². The van der Waals surface area contributed by atoms with Crippen LogP contribution in [0.5, 0.6) is 0 Å². The number of aromatic nitrogens is 2. The van der Waals surface area contributed by atoms with Gasteiger partial charge in [-0.15, -0.1) is 4.39 Å². The number of imidazole rings is 1. The summed E-state index contributed by atoms with van der Waals surface area (Å²) in [7, 11) is 1.68. The fourth-order valence-electron chi connectivity index (χ4n) is 0.742. The third kappa shape index (κ3) is 1.56. The second kappa shape index (κ2) is 3.71. The van der Waals surface area contributed by atoms with Crippen molar-refractivity contribution in [3.05, 3.63) is 18.5 Å². The third-order valence-electron chi connectivity index (χ3n) is 1.34. The van der Waals surface area contributed by atoms with Gasteiger partial charge in [-0.3, -0.25) is 0 Å². The minimum atomic E-state index is -0.197. The highest BCUT2D eigenvalue weighted by Crippen LogP contribution is 1.89. The van der Waals surface area contributed by atoms with Crippen LogP contribution in [0.4, 0.5) is 4.39 Å². The Balaban J connectivity index is 0.000000810.